The number of nitrogens with zero attached hydrogens (tertiary/aromatic N) is 2. The summed E-state index contributed by atoms with van der Waals surface area (Å²) < 4.78 is 12.1. The number of phenolic OH excluding ortho intramolecular Hbond substituents is 1. The summed E-state index contributed by atoms with van der Waals surface area (Å²) in [5.74, 6) is -0.170. The number of aromatic hydroxyl groups is 1. The fourth-order valence-corrected chi connectivity index (χ4v) is 3.03. The Bertz CT molecular complexity index is 722. The van der Waals surface area contributed by atoms with Crippen LogP contribution in [-0.4, -0.2) is 42.6 Å². The van der Waals surface area contributed by atoms with E-state index in [2.05, 4.69) is 29.5 Å². The Hall–Kier alpha value is -2.12. The topological polar surface area (TPSA) is 73.6 Å². The first kappa shape index (κ1) is 19.2. The third-order valence-corrected chi connectivity index (χ3v) is 5.51. The van der Waals surface area contributed by atoms with Gasteiger partial charge in [-0.05, 0) is 23.7 Å². The minimum atomic E-state index is -1.10. The Morgan fingerprint density at radius 2 is 2.08 bits per heavy atom. The second-order valence-electron chi connectivity index (χ2n) is 7.22. The summed E-state index contributed by atoms with van der Waals surface area (Å²) in [4.78, 5) is 11.4. The van der Waals surface area contributed by atoms with Crippen LogP contribution in [0.3, 0.4) is 0 Å². The van der Waals surface area contributed by atoms with Gasteiger partial charge in [-0.25, -0.2) is 4.68 Å². The molecular weight excluding hydrogens is 336 g/mol. The molecule has 25 heavy (non-hydrogen) atoms. The lowest BCUT2D eigenvalue weighted by molar-refractivity contribution is -0.139. The number of hydrogen-bond acceptors (Lipinski definition) is 5. The maximum absolute atomic E-state index is 11.4. The van der Waals surface area contributed by atoms with Crippen molar-refractivity contribution in [3.63, 3.8) is 0 Å². The van der Waals surface area contributed by atoms with Gasteiger partial charge in [-0.15, -0.1) is 0 Å². The number of carbonyl (C=O) groups is 1. The molecule has 0 bridgehead atoms. The van der Waals surface area contributed by atoms with E-state index in [0.29, 0.717) is 12.3 Å². The molecule has 0 amide bonds. The lowest BCUT2D eigenvalue weighted by Gasteiger charge is -2.15. The van der Waals surface area contributed by atoms with Crippen LogP contribution in [-0.2, 0) is 27.4 Å². The van der Waals surface area contributed by atoms with Crippen molar-refractivity contribution in [3.05, 3.63) is 36.2 Å². The van der Waals surface area contributed by atoms with Crippen LogP contribution in [0.2, 0.25) is 25.7 Å². The van der Waals surface area contributed by atoms with Gasteiger partial charge in [0.1, 0.15) is 12.5 Å². The number of carbonyl (C=O) groups excluding carboxylic acids is 1. The first-order valence-corrected chi connectivity index (χ1v) is 12.0. The number of esters is 1. The van der Waals surface area contributed by atoms with Crippen molar-refractivity contribution in [2.45, 2.75) is 38.8 Å². The fraction of sp³-hybridized carbons (Fsp3) is 0.444. The largest absolute Gasteiger partial charge is 0.507 e. The highest BCUT2D eigenvalue weighted by atomic mass is 28.3. The van der Waals surface area contributed by atoms with Crippen LogP contribution in [0.5, 0.6) is 5.75 Å². The van der Waals surface area contributed by atoms with Crippen molar-refractivity contribution < 1.29 is 19.4 Å². The molecule has 0 saturated carbocycles. The molecule has 136 valence electrons. The number of phenols is 1. The first-order valence-electron chi connectivity index (χ1n) is 8.28. The molecule has 0 fully saturated rings. The van der Waals surface area contributed by atoms with Crippen molar-refractivity contribution in [3.8, 4) is 16.9 Å². The van der Waals surface area contributed by atoms with E-state index in [-0.39, 0.29) is 18.1 Å². The average Bonchev–Trinajstić information content (AvgIpc) is 3.01. The van der Waals surface area contributed by atoms with Crippen LogP contribution in [0.25, 0.3) is 11.1 Å². The first-order chi connectivity index (χ1) is 11.8. The minimum Gasteiger partial charge on any atom is -0.507 e. The molecule has 6 nitrogen and oxygen atoms in total. The molecule has 0 aliphatic heterocycles. The number of aromatic nitrogens is 2. The number of hydrogen-bond donors (Lipinski definition) is 1. The van der Waals surface area contributed by atoms with Crippen LogP contribution < -0.4 is 0 Å². The smallest absolute Gasteiger partial charge is 0.309 e. The highest BCUT2D eigenvalue weighted by Crippen LogP contribution is 2.30. The van der Waals surface area contributed by atoms with E-state index in [1.807, 2.05) is 6.20 Å². The molecule has 1 aromatic carbocycles. The van der Waals surface area contributed by atoms with E-state index in [4.69, 9.17) is 4.74 Å². The van der Waals surface area contributed by atoms with Crippen LogP contribution in [0, 0.1) is 0 Å². The van der Waals surface area contributed by atoms with Crippen molar-refractivity contribution in [2.75, 3.05) is 13.7 Å². The van der Waals surface area contributed by atoms with Gasteiger partial charge in [-0.2, -0.15) is 5.10 Å². The molecule has 2 aromatic rings. The second kappa shape index (κ2) is 8.31. The summed E-state index contributed by atoms with van der Waals surface area (Å²) in [6.45, 7) is 8.04. The number of ether oxygens (including phenoxy) is 2. The third kappa shape index (κ3) is 6.02. The zero-order chi connectivity index (χ0) is 18.4. The Kier molecular flexibility index (Phi) is 6.38. The Labute approximate surface area is 149 Å². The third-order valence-electron chi connectivity index (χ3n) is 3.80. The molecular formula is C18H26N2O4Si. The summed E-state index contributed by atoms with van der Waals surface area (Å²) >= 11 is 0. The van der Waals surface area contributed by atoms with E-state index >= 15 is 0 Å². The van der Waals surface area contributed by atoms with E-state index in [1.54, 1.807) is 29.1 Å². The zero-order valence-electron chi connectivity index (χ0n) is 15.3. The highest BCUT2D eigenvalue weighted by molar-refractivity contribution is 6.76. The van der Waals surface area contributed by atoms with Crippen molar-refractivity contribution in [2.24, 2.45) is 0 Å². The minimum absolute atomic E-state index is 0.146. The average molecular weight is 363 g/mol. The molecule has 0 atom stereocenters. The number of methoxy groups -OCH3 is 1. The van der Waals surface area contributed by atoms with Gasteiger partial charge in [-0.3, -0.25) is 4.79 Å². The maximum atomic E-state index is 11.4. The van der Waals surface area contributed by atoms with Crippen LogP contribution >= 0.6 is 0 Å². The molecule has 7 heteroatoms. The number of benzene rings is 1. The predicted molar refractivity (Wildman–Crippen MR) is 99.2 cm³/mol. The van der Waals surface area contributed by atoms with E-state index in [9.17, 15) is 9.90 Å². The van der Waals surface area contributed by atoms with Crippen molar-refractivity contribution >= 4 is 14.0 Å². The molecule has 0 saturated heterocycles. The van der Waals surface area contributed by atoms with Gasteiger partial charge in [0.2, 0.25) is 0 Å². The van der Waals surface area contributed by atoms with Gasteiger partial charge in [-0.1, -0.05) is 25.7 Å². The Balaban J connectivity index is 2.03. The van der Waals surface area contributed by atoms with Gasteiger partial charge in [0, 0.05) is 32.0 Å². The molecule has 1 heterocycles. The summed E-state index contributed by atoms with van der Waals surface area (Å²) in [5, 5.41) is 14.4. The second-order valence-corrected chi connectivity index (χ2v) is 12.8. The predicted octanol–water partition coefficient (Wildman–Crippen LogP) is 3.28. The van der Waals surface area contributed by atoms with Crippen molar-refractivity contribution in [1.29, 1.82) is 0 Å². The molecule has 1 aromatic heterocycles. The van der Waals surface area contributed by atoms with E-state index in [1.165, 1.54) is 7.11 Å². The fourth-order valence-electron chi connectivity index (χ4n) is 2.27. The van der Waals surface area contributed by atoms with E-state index in [0.717, 1.165) is 23.8 Å². The normalized spacial score (nSPS) is 11.5. The maximum Gasteiger partial charge on any atom is 0.309 e. The Morgan fingerprint density at radius 1 is 1.32 bits per heavy atom. The van der Waals surface area contributed by atoms with Gasteiger partial charge in [0.15, 0.2) is 0 Å². The van der Waals surface area contributed by atoms with Gasteiger partial charge >= 0.3 is 5.97 Å². The molecule has 0 unspecified atom stereocenters. The molecule has 2 rings (SSSR count). The van der Waals surface area contributed by atoms with Gasteiger partial charge in [0.05, 0.1) is 19.7 Å². The lowest BCUT2D eigenvalue weighted by Crippen LogP contribution is -2.22. The summed E-state index contributed by atoms with van der Waals surface area (Å²) in [7, 11) is 0.258. The van der Waals surface area contributed by atoms with Crippen molar-refractivity contribution in [1.82, 2.24) is 9.78 Å². The summed E-state index contributed by atoms with van der Waals surface area (Å²) in [5.41, 5.74) is 2.19. The lowest BCUT2D eigenvalue weighted by atomic mass is 10.0. The number of rotatable bonds is 8. The molecule has 1 N–H and O–H groups in total. The molecule has 0 aliphatic rings. The highest BCUT2D eigenvalue weighted by Gasteiger charge is 2.13. The Morgan fingerprint density at radius 3 is 2.76 bits per heavy atom. The van der Waals surface area contributed by atoms with Crippen LogP contribution in [0.4, 0.5) is 0 Å². The summed E-state index contributed by atoms with van der Waals surface area (Å²) in [6.07, 6.45) is 3.67. The molecule has 0 radical (unpaired) electrons. The van der Waals surface area contributed by atoms with Gasteiger partial charge < -0.3 is 14.6 Å². The standard InChI is InChI=1S/C18H26N2O4Si/c1-23-18(22)10-14-5-6-17(21)16(9-14)15-11-19-20(12-15)13-24-7-8-25(2,3)4/h5-6,9,11-12,21H,7-8,10,13H2,1-4H3. The molecule has 0 spiro atoms. The zero-order valence-corrected chi connectivity index (χ0v) is 16.3. The van der Waals surface area contributed by atoms with Gasteiger partial charge in [0.25, 0.3) is 0 Å². The van der Waals surface area contributed by atoms with Crippen LogP contribution in [0.15, 0.2) is 30.6 Å². The summed E-state index contributed by atoms with van der Waals surface area (Å²) in [6, 6.07) is 6.17. The monoisotopic (exact) mass is 362 g/mol. The quantitative estimate of drug-likeness (QED) is 0.443. The SMILES string of the molecule is COC(=O)Cc1ccc(O)c(-c2cnn(COCC[Si](C)(C)C)c2)c1. The molecule has 0 aliphatic carbocycles. The van der Waals surface area contributed by atoms with Crippen LogP contribution in [0.1, 0.15) is 5.56 Å². The van der Waals surface area contributed by atoms with E-state index < -0.39 is 8.07 Å².